The predicted octanol–water partition coefficient (Wildman–Crippen LogP) is 3.25. The third kappa shape index (κ3) is 2.73. The van der Waals surface area contributed by atoms with E-state index in [0.29, 0.717) is 10.9 Å². The summed E-state index contributed by atoms with van der Waals surface area (Å²) < 4.78 is 29.0. The molecule has 0 aliphatic heterocycles. The molecule has 0 amide bonds. The molecule has 0 radical (unpaired) electrons. The van der Waals surface area contributed by atoms with Crippen molar-refractivity contribution in [3.63, 3.8) is 0 Å². The number of carbonyl (C=O) groups excluding carboxylic acids is 1. The highest BCUT2D eigenvalue weighted by atomic mass is 19.1. The van der Waals surface area contributed by atoms with Gasteiger partial charge >= 0.3 is 5.97 Å². The minimum absolute atomic E-state index is 0.110. The zero-order valence-electron chi connectivity index (χ0n) is 13.1. The first kappa shape index (κ1) is 16.6. The van der Waals surface area contributed by atoms with Crippen molar-refractivity contribution in [1.29, 1.82) is 0 Å². The van der Waals surface area contributed by atoms with Gasteiger partial charge in [0.1, 0.15) is 22.9 Å². The summed E-state index contributed by atoms with van der Waals surface area (Å²) >= 11 is 0. The van der Waals surface area contributed by atoms with E-state index in [1.165, 1.54) is 25.1 Å². The van der Waals surface area contributed by atoms with Gasteiger partial charge in [-0.25, -0.2) is 8.78 Å². The third-order valence-corrected chi connectivity index (χ3v) is 4.03. The van der Waals surface area contributed by atoms with Gasteiger partial charge in [0.15, 0.2) is 0 Å². The molecule has 0 aliphatic rings. The number of hydrogen-bond donors (Lipinski definition) is 2. The molecule has 1 heterocycles. The number of rotatable bonds is 3. The van der Waals surface area contributed by atoms with Gasteiger partial charge in [0.05, 0.1) is 11.9 Å². The second-order valence-electron chi connectivity index (χ2n) is 5.57. The number of fused-ring (bicyclic) bond motifs is 1. The maximum absolute atomic E-state index is 14.0. The minimum atomic E-state index is -1.13. The highest BCUT2D eigenvalue weighted by Crippen LogP contribution is 2.31. The number of halogens is 2. The second kappa shape index (κ2) is 6.01. The fourth-order valence-electron chi connectivity index (χ4n) is 2.92. The van der Waals surface area contributed by atoms with E-state index < -0.39 is 35.5 Å². The molecule has 1 aromatic heterocycles. The number of phenols is 1. The molecule has 0 bridgehead atoms. The molecule has 25 heavy (non-hydrogen) atoms. The molecule has 0 fully saturated rings. The molecule has 3 aromatic rings. The van der Waals surface area contributed by atoms with Crippen molar-refractivity contribution in [2.75, 3.05) is 0 Å². The summed E-state index contributed by atoms with van der Waals surface area (Å²) in [5, 5.41) is 19.1. The summed E-state index contributed by atoms with van der Waals surface area (Å²) in [5.74, 6) is -4.20. The lowest BCUT2D eigenvalue weighted by Gasteiger charge is -2.09. The summed E-state index contributed by atoms with van der Waals surface area (Å²) in [4.78, 5) is 23.9. The zero-order chi connectivity index (χ0) is 18.3. The van der Waals surface area contributed by atoms with E-state index >= 15 is 0 Å². The molecule has 0 unspecified atom stereocenters. The van der Waals surface area contributed by atoms with E-state index in [1.54, 1.807) is 0 Å². The average molecular weight is 345 g/mol. The number of carboxylic acids is 1. The van der Waals surface area contributed by atoms with Gasteiger partial charge in [-0.3, -0.25) is 14.2 Å². The molecular formula is C18H13F2NO4. The first-order chi connectivity index (χ1) is 11.8. The van der Waals surface area contributed by atoms with Gasteiger partial charge in [0, 0.05) is 11.1 Å². The summed E-state index contributed by atoms with van der Waals surface area (Å²) in [5.41, 5.74) is 0.0794. The third-order valence-electron chi connectivity index (χ3n) is 4.03. The fraction of sp³-hybridized carbons (Fsp3) is 0.111. The van der Waals surface area contributed by atoms with Crippen molar-refractivity contribution in [3.8, 4) is 5.75 Å². The van der Waals surface area contributed by atoms with E-state index in [1.807, 2.05) is 0 Å². The molecule has 5 nitrogen and oxygen atoms in total. The monoisotopic (exact) mass is 345 g/mol. The van der Waals surface area contributed by atoms with Crippen molar-refractivity contribution in [3.05, 3.63) is 64.9 Å². The van der Waals surface area contributed by atoms with Crippen LogP contribution in [0.25, 0.3) is 10.9 Å². The Hall–Kier alpha value is -3.22. The van der Waals surface area contributed by atoms with Crippen LogP contribution in [0.3, 0.4) is 0 Å². The number of aliphatic carboxylic acids is 1. The Morgan fingerprint density at radius 1 is 1.12 bits per heavy atom. The molecule has 128 valence electrons. The average Bonchev–Trinajstić information content (AvgIpc) is 2.78. The van der Waals surface area contributed by atoms with Crippen LogP contribution >= 0.6 is 0 Å². The highest BCUT2D eigenvalue weighted by Gasteiger charge is 2.25. The van der Waals surface area contributed by atoms with Crippen LogP contribution in [-0.2, 0) is 11.2 Å². The molecule has 0 saturated carbocycles. The van der Waals surface area contributed by atoms with E-state index in [0.717, 1.165) is 22.8 Å². The minimum Gasteiger partial charge on any atom is -0.508 e. The number of benzene rings is 2. The molecule has 0 aliphatic carbocycles. The van der Waals surface area contributed by atoms with E-state index in [9.17, 15) is 23.5 Å². The summed E-state index contributed by atoms with van der Waals surface area (Å²) in [6, 6.07) is 7.13. The largest absolute Gasteiger partial charge is 0.508 e. The van der Waals surface area contributed by atoms with Crippen molar-refractivity contribution >= 4 is 22.8 Å². The van der Waals surface area contributed by atoms with Crippen LogP contribution in [0.1, 0.15) is 21.6 Å². The van der Waals surface area contributed by atoms with Crippen LogP contribution in [0.2, 0.25) is 0 Å². The van der Waals surface area contributed by atoms with Crippen LogP contribution in [0, 0.1) is 18.6 Å². The molecule has 0 atom stereocenters. The van der Waals surface area contributed by atoms with E-state index in [-0.39, 0.29) is 17.0 Å². The van der Waals surface area contributed by atoms with Crippen molar-refractivity contribution in [2.45, 2.75) is 13.3 Å². The summed E-state index contributed by atoms with van der Waals surface area (Å²) in [7, 11) is 0. The lowest BCUT2D eigenvalue weighted by atomic mass is 10.1. The van der Waals surface area contributed by atoms with Gasteiger partial charge < -0.3 is 10.2 Å². The first-order valence-corrected chi connectivity index (χ1v) is 7.34. The number of carboxylic acid groups (broad SMARTS) is 1. The molecule has 2 aromatic carbocycles. The van der Waals surface area contributed by atoms with Gasteiger partial charge in [0.2, 0.25) is 0 Å². The summed E-state index contributed by atoms with van der Waals surface area (Å²) in [6.07, 6.45) is -0.397. The number of aromatic nitrogens is 1. The van der Waals surface area contributed by atoms with Gasteiger partial charge in [-0.1, -0.05) is 6.07 Å². The van der Waals surface area contributed by atoms with Crippen LogP contribution in [0.15, 0.2) is 36.4 Å². The second-order valence-corrected chi connectivity index (χ2v) is 5.57. The predicted molar refractivity (Wildman–Crippen MR) is 85.8 cm³/mol. The highest BCUT2D eigenvalue weighted by molar-refractivity contribution is 6.05. The molecule has 2 N–H and O–H groups in total. The molecule has 7 heteroatoms. The number of carbonyl (C=O) groups is 2. The number of nitrogens with zero attached hydrogens (tertiary/aromatic N) is 1. The Kier molecular flexibility index (Phi) is 4.00. The smallest absolute Gasteiger partial charge is 0.307 e. The van der Waals surface area contributed by atoms with E-state index in [2.05, 4.69) is 0 Å². The quantitative estimate of drug-likeness (QED) is 0.764. The van der Waals surface area contributed by atoms with Crippen molar-refractivity contribution in [1.82, 2.24) is 4.57 Å². The van der Waals surface area contributed by atoms with Gasteiger partial charge in [-0.15, -0.1) is 0 Å². The number of phenolic OH excluding ortho intramolecular Hbond substituents is 1. The van der Waals surface area contributed by atoms with Crippen molar-refractivity contribution < 1.29 is 28.6 Å². The Labute approximate surface area is 140 Å². The Morgan fingerprint density at radius 2 is 1.76 bits per heavy atom. The van der Waals surface area contributed by atoms with E-state index in [4.69, 9.17) is 5.11 Å². The lowest BCUT2D eigenvalue weighted by Crippen LogP contribution is -2.17. The topological polar surface area (TPSA) is 79.5 Å². The zero-order valence-corrected chi connectivity index (χ0v) is 13.1. The SMILES string of the molecule is Cc1c(CC(=O)O)c2cc(O)ccc2n1C(=O)c1c(F)cccc1F. The fourth-order valence-corrected chi connectivity index (χ4v) is 2.92. The normalized spacial score (nSPS) is 11.0. The van der Waals surface area contributed by atoms with Gasteiger partial charge in [-0.2, -0.15) is 0 Å². The maximum Gasteiger partial charge on any atom is 0.307 e. The first-order valence-electron chi connectivity index (χ1n) is 7.34. The molecule has 0 saturated heterocycles. The van der Waals surface area contributed by atoms with Crippen LogP contribution < -0.4 is 0 Å². The lowest BCUT2D eigenvalue weighted by molar-refractivity contribution is -0.136. The van der Waals surface area contributed by atoms with Crippen LogP contribution in [0.5, 0.6) is 5.75 Å². The Balaban J connectivity index is 2.31. The maximum atomic E-state index is 14.0. The van der Waals surface area contributed by atoms with Gasteiger partial charge in [-0.05, 0) is 42.8 Å². The number of aromatic hydroxyl groups is 1. The standard InChI is InChI=1S/C18H13F2NO4/c1-9-11(8-16(23)24)12-7-10(22)5-6-15(12)21(9)18(25)17-13(19)3-2-4-14(17)20/h2-7,22H,8H2,1H3,(H,23,24). The van der Waals surface area contributed by atoms with Crippen molar-refractivity contribution in [2.24, 2.45) is 0 Å². The summed E-state index contributed by atoms with van der Waals surface area (Å²) in [6.45, 7) is 1.49. The molecule has 0 spiro atoms. The Bertz CT molecular complexity index is 1000. The Morgan fingerprint density at radius 3 is 2.36 bits per heavy atom. The van der Waals surface area contributed by atoms with Crippen LogP contribution in [-0.4, -0.2) is 26.7 Å². The number of hydrogen-bond acceptors (Lipinski definition) is 3. The molecular weight excluding hydrogens is 332 g/mol. The molecule has 3 rings (SSSR count). The van der Waals surface area contributed by atoms with Gasteiger partial charge in [0.25, 0.3) is 5.91 Å². The van der Waals surface area contributed by atoms with Crippen LogP contribution in [0.4, 0.5) is 8.78 Å².